The molecule has 0 saturated heterocycles. The summed E-state index contributed by atoms with van der Waals surface area (Å²) < 4.78 is 31.4. The smallest absolute Gasteiger partial charge is 0.232 e. The highest BCUT2D eigenvalue weighted by molar-refractivity contribution is 7.92. The number of hydrogen-bond acceptors (Lipinski definition) is 4. The van der Waals surface area contributed by atoms with E-state index in [1.165, 1.54) is 4.31 Å². The highest BCUT2D eigenvalue weighted by atomic mass is 35.5. The Morgan fingerprint density at radius 1 is 1.15 bits per heavy atom. The molecule has 26 heavy (non-hydrogen) atoms. The van der Waals surface area contributed by atoms with Gasteiger partial charge in [0.05, 0.1) is 23.5 Å². The number of para-hydroxylation sites is 1. The number of hydrogen-bond donors (Lipinski definition) is 1. The molecule has 0 fully saturated rings. The molecule has 0 amide bonds. The molecule has 0 heterocycles. The predicted octanol–water partition coefficient (Wildman–Crippen LogP) is 3.47. The molecule has 2 aromatic rings. The van der Waals surface area contributed by atoms with Crippen molar-refractivity contribution in [2.24, 2.45) is 0 Å². The minimum atomic E-state index is -3.57. The van der Waals surface area contributed by atoms with Crippen LogP contribution in [0.15, 0.2) is 36.4 Å². The number of aryl methyl sites for hydroxylation is 3. The minimum absolute atomic E-state index is 0.0697. The first-order valence-electron chi connectivity index (χ1n) is 8.20. The molecule has 0 saturated carbocycles. The maximum absolute atomic E-state index is 12.3. The van der Waals surface area contributed by atoms with Crippen molar-refractivity contribution in [2.75, 3.05) is 23.7 Å². The van der Waals surface area contributed by atoms with E-state index in [2.05, 4.69) is 0 Å². The van der Waals surface area contributed by atoms with Crippen molar-refractivity contribution in [2.45, 2.75) is 26.9 Å². The molecular weight excluding hydrogens is 374 g/mol. The van der Waals surface area contributed by atoms with Crippen LogP contribution >= 0.6 is 11.6 Å². The fourth-order valence-corrected chi connectivity index (χ4v) is 4.20. The molecule has 0 aliphatic carbocycles. The molecular formula is C19H24ClNO4S. The Morgan fingerprint density at radius 2 is 1.73 bits per heavy atom. The quantitative estimate of drug-likeness (QED) is 0.776. The van der Waals surface area contributed by atoms with E-state index in [-0.39, 0.29) is 13.2 Å². The van der Waals surface area contributed by atoms with E-state index in [0.717, 1.165) is 22.9 Å². The molecule has 0 aromatic heterocycles. The van der Waals surface area contributed by atoms with Gasteiger partial charge in [0, 0.05) is 0 Å². The van der Waals surface area contributed by atoms with Crippen LogP contribution in [0.3, 0.4) is 0 Å². The van der Waals surface area contributed by atoms with Crippen LogP contribution < -0.4 is 9.04 Å². The molecule has 0 aliphatic heterocycles. The Hall–Kier alpha value is -1.76. The van der Waals surface area contributed by atoms with Crippen molar-refractivity contribution in [1.82, 2.24) is 0 Å². The Labute approximate surface area is 160 Å². The molecule has 1 N–H and O–H groups in total. The molecule has 0 bridgehead atoms. The molecule has 1 atom stereocenters. The fraction of sp³-hybridized carbons (Fsp3) is 0.368. The number of halogens is 1. The summed E-state index contributed by atoms with van der Waals surface area (Å²) in [7, 11) is -3.57. The van der Waals surface area contributed by atoms with Crippen molar-refractivity contribution < 1.29 is 18.3 Å². The first kappa shape index (κ1) is 20.6. The molecule has 0 radical (unpaired) electrons. The van der Waals surface area contributed by atoms with Crippen molar-refractivity contribution in [1.29, 1.82) is 0 Å². The predicted molar refractivity (Wildman–Crippen MR) is 106 cm³/mol. The summed E-state index contributed by atoms with van der Waals surface area (Å²) in [5, 5.41) is 10.8. The second-order valence-corrected chi connectivity index (χ2v) is 8.75. The molecule has 0 aliphatic rings. The highest BCUT2D eigenvalue weighted by Crippen LogP contribution is 2.29. The maximum atomic E-state index is 12.3. The lowest BCUT2D eigenvalue weighted by Crippen LogP contribution is -2.40. The lowest BCUT2D eigenvalue weighted by atomic mass is 10.0. The Kier molecular flexibility index (Phi) is 6.55. The second-order valence-electron chi connectivity index (χ2n) is 6.44. The first-order valence-corrected chi connectivity index (χ1v) is 10.4. The first-order chi connectivity index (χ1) is 12.1. The third kappa shape index (κ3) is 5.13. The normalized spacial score (nSPS) is 12.7. The van der Waals surface area contributed by atoms with E-state index in [1.807, 2.05) is 32.9 Å². The van der Waals surface area contributed by atoms with Gasteiger partial charge in [0.1, 0.15) is 18.5 Å². The Balaban J connectivity index is 2.20. The van der Waals surface area contributed by atoms with Crippen LogP contribution in [0.25, 0.3) is 0 Å². The van der Waals surface area contributed by atoms with Crippen molar-refractivity contribution in [3.05, 3.63) is 58.1 Å². The van der Waals surface area contributed by atoms with Gasteiger partial charge in [-0.3, -0.25) is 4.31 Å². The molecule has 5 nitrogen and oxygen atoms in total. The summed E-state index contributed by atoms with van der Waals surface area (Å²) >= 11 is 6.03. The standard InChI is InChI=1S/C19H24ClNO4S/c1-13-9-14(2)19(15(3)10-13)21(26(4,23)24)11-16(22)12-25-18-8-6-5-7-17(18)20/h5-10,16,22H,11-12H2,1-4H3. The summed E-state index contributed by atoms with van der Waals surface area (Å²) in [6, 6.07) is 10.8. The lowest BCUT2D eigenvalue weighted by molar-refractivity contribution is 0.115. The largest absolute Gasteiger partial charge is 0.489 e. The zero-order valence-corrected chi connectivity index (χ0v) is 16.9. The van der Waals surface area contributed by atoms with Crippen LogP contribution in [0, 0.1) is 20.8 Å². The van der Waals surface area contributed by atoms with Gasteiger partial charge in [-0.2, -0.15) is 0 Å². The van der Waals surface area contributed by atoms with Crippen molar-refractivity contribution in [3.8, 4) is 5.75 Å². The average Bonchev–Trinajstić information content (AvgIpc) is 2.51. The molecule has 1 unspecified atom stereocenters. The van der Waals surface area contributed by atoms with Gasteiger partial charge in [-0.1, -0.05) is 41.4 Å². The average molecular weight is 398 g/mol. The number of benzene rings is 2. The SMILES string of the molecule is Cc1cc(C)c(N(CC(O)COc2ccccc2Cl)S(C)(=O)=O)c(C)c1. The molecule has 7 heteroatoms. The topological polar surface area (TPSA) is 66.8 Å². The number of sulfonamides is 1. The fourth-order valence-electron chi connectivity index (χ4n) is 2.95. The van der Waals surface area contributed by atoms with E-state index in [1.54, 1.807) is 24.3 Å². The van der Waals surface area contributed by atoms with E-state index in [0.29, 0.717) is 16.5 Å². The second kappa shape index (κ2) is 8.29. The molecule has 142 valence electrons. The third-order valence-corrected chi connectivity index (χ3v) is 5.37. The lowest BCUT2D eigenvalue weighted by Gasteiger charge is -2.28. The van der Waals surface area contributed by atoms with Gasteiger partial charge >= 0.3 is 0 Å². The number of ether oxygens (including phenoxy) is 1. The summed E-state index contributed by atoms with van der Waals surface area (Å²) in [5.74, 6) is 0.446. The Bertz CT molecular complexity index is 860. The number of rotatable bonds is 7. The van der Waals surface area contributed by atoms with Crippen LogP contribution in [-0.2, 0) is 10.0 Å². The van der Waals surface area contributed by atoms with Crippen LogP contribution in [0.4, 0.5) is 5.69 Å². The molecule has 2 aromatic carbocycles. The zero-order chi connectivity index (χ0) is 19.5. The van der Waals surface area contributed by atoms with Gasteiger partial charge in [-0.15, -0.1) is 0 Å². The van der Waals surface area contributed by atoms with E-state index in [4.69, 9.17) is 16.3 Å². The summed E-state index contributed by atoms with van der Waals surface area (Å²) in [5.41, 5.74) is 3.33. The van der Waals surface area contributed by atoms with Crippen LogP contribution in [-0.4, -0.2) is 39.0 Å². The summed E-state index contributed by atoms with van der Waals surface area (Å²) in [4.78, 5) is 0. The number of aliphatic hydroxyl groups is 1. The van der Waals surface area contributed by atoms with Gasteiger partial charge in [-0.25, -0.2) is 8.42 Å². The molecule has 0 spiro atoms. The number of nitrogens with zero attached hydrogens (tertiary/aromatic N) is 1. The zero-order valence-electron chi connectivity index (χ0n) is 15.4. The third-order valence-electron chi connectivity index (χ3n) is 3.93. The minimum Gasteiger partial charge on any atom is -0.489 e. The van der Waals surface area contributed by atoms with Gasteiger partial charge in [0.15, 0.2) is 0 Å². The maximum Gasteiger partial charge on any atom is 0.232 e. The number of aliphatic hydroxyl groups excluding tert-OH is 1. The summed E-state index contributed by atoms with van der Waals surface area (Å²) in [6.07, 6.45) is 0.119. The van der Waals surface area contributed by atoms with E-state index >= 15 is 0 Å². The van der Waals surface area contributed by atoms with Gasteiger partial charge in [-0.05, 0) is 44.0 Å². The van der Waals surface area contributed by atoms with E-state index < -0.39 is 16.1 Å². The number of anilines is 1. The monoisotopic (exact) mass is 397 g/mol. The summed E-state index contributed by atoms with van der Waals surface area (Å²) in [6.45, 7) is 5.51. The van der Waals surface area contributed by atoms with Crippen LogP contribution in [0.5, 0.6) is 5.75 Å². The van der Waals surface area contributed by atoms with Crippen LogP contribution in [0.2, 0.25) is 5.02 Å². The van der Waals surface area contributed by atoms with Crippen molar-refractivity contribution in [3.63, 3.8) is 0 Å². The van der Waals surface area contributed by atoms with Crippen LogP contribution in [0.1, 0.15) is 16.7 Å². The van der Waals surface area contributed by atoms with Gasteiger partial charge < -0.3 is 9.84 Å². The highest BCUT2D eigenvalue weighted by Gasteiger charge is 2.24. The van der Waals surface area contributed by atoms with E-state index in [9.17, 15) is 13.5 Å². The van der Waals surface area contributed by atoms with Crippen molar-refractivity contribution >= 4 is 27.3 Å². The Morgan fingerprint density at radius 3 is 2.27 bits per heavy atom. The van der Waals surface area contributed by atoms with Gasteiger partial charge in [0.2, 0.25) is 10.0 Å². The molecule has 2 rings (SSSR count). The van der Waals surface area contributed by atoms with Gasteiger partial charge in [0.25, 0.3) is 0 Å².